The molecule has 4 aromatic rings. The van der Waals surface area contributed by atoms with Gasteiger partial charge in [-0.2, -0.15) is 4.98 Å². The number of aryl methyl sites for hydroxylation is 2. The Morgan fingerprint density at radius 2 is 1.89 bits per heavy atom. The maximum atomic E-state index is 13.1. The lowest BCUT2D eigenvalue weighted by Gasteiger charge is -2.19. The molecule has 2 aromatic heterocycles. The van der Waals surface area contributed by atoms with E-state index >= 15 is 0 Å². The molecule has 0 aliphatic rings. The van der Waals surface area contributed by atoms with Crippen molar-refractivity contribution < 1.29 is 4.79 Å². The highest BCUT2D eigenvalue weighted by molar-refractivity contribution is 6.31. The number of aromatic nitrogens is 3. The lowest BCUT2D eigenvalue weighted by molar-refractivity contribution is -0.119. The molecule has 0 spiro atoms. The van der Waals surface area contributed by atoms with Crippen LogP contribution >= 0.6 is 11.6 Å². The van der Waals surface area contributed by atoms with Crippen molar-refractivity contribution in [2.75, 3.05) is 5.32 Å². The Morgan fingerprint density at radius 1 is 1.14 bits per heavy atom. The normalized spacial score (nSPS) is 12.4. The van der Waals surface area contributed by atoms with E-state index < -0.39 is 6.04 Å². The van der Waals surface area contributed by atoms with Gasteiger partial charge < -0.3 is 5.32 Å². The predicted octanol–water partition coefficient (Wildman–Crippen LogP) is 4.12. The van der Waals surface area contributed by atoms with E-state index in [4.69, 9.17) is 11.6 Å². The van der Waals surface area contributed by atoms with Gasteiger partial charge in [0, 0.05) is 27.9 Å². The Labute approximate surface area is 166 Å². The molecular weight excluding hydrogens is 376 g/mol. The van der Waals surface area contributed by atoms with Gasteiger partial charge >= 0.3 is 0 Å². The molecule has 28 heavy (non-hydrogen) atoms. The van der Waals surface area contributed by atoms with Crippen LogP contribution in [0.15, 0.2) is 53.3 Å². The second-order valence-corrected chi connectivity index (χ2v) is 7.29. The van der Waals surface area contributed by atoms with Crippen molar-refractivity contribution >= 4 is 39.7 Å². The average Bonchev–Trinajstić information content (AvgIpc) is 2.99. The topological polar surface area (TPSA) is 68.4 Å². The first-order valence-corrected chi connectivity index (χ1v) is 9.31. The quantitative estimate of drug-likeness (QED) is 0.568. The smallest absolute Gasteiger partial charge is 0.273 e. The average molecular weight is 395 g/mol. The third kappa shape index (κ3) is 2.96. The monoisotopic (exact) mass is 394 g/mol. The number of para-hydroxylation sites is 1. The van der Waals surface area contributed by atoms with Crippen LogP contribution in [0.3, 0.4) is 0 Å². The Bertz CT molecular complexity index is 1290. The summed E-state index contributed by atoms with van der Waals surface area (Å²) in [5.41, 5.74) is 3.38. The highest BCUT2D eigenvalue weighted by Gasteiger charge is 2.22. The zero-order valence-corrected chi connectivity index (χ0v) is 16.5. The molecular formula is C21H19ClN4O2. The van der Waals surface area contributed by atoms with Crippen molar-refractivity contribution in [3.05, 3.63) is 75.2 Å². The molecule has 0 saturated heterocycles. The highest BCUT2D eigenvalue weighted by Crippen LogP contribution is 2.26. The van der Waals surface area contributed by atoms with Crippen molar-refractivity contribution in [2.24, 2.45) is 0 Å². The number of nitrogens with one attached hydrogen (secondary N) is 1. The van der Waals surface area contributed by atoms with Crippen molar-refractivity contribution in [2.45, 2.75) is 26.8 Å². The molecule has 4 rings (SSSR count). The maximum absolute atomic E-state index is 13.1. The van der Waals surface area contributed by atoms with E-state index in [0.717, 1.165) is 16.5 Å². The van der Waals surface area contributed by atoms with Gasteiger partial charge in [0.05, 0.1) is 5.52 Å². The number of halogens is 1. The van der Waals surface area contributed by atoms with Gasteiger partial charge in [0.2, 0.25) is 5.91 Å². The van der Waals surface area contributed by atoms with E-state index in [1.165, 1.54) is 6.07 Å². The number of carbonyl (C=O) groups excluding carboxylic acids is 1. The largest absolute Gasteiger partial charge is 0.324 e. The van der Waals surface area contributed by atoms with Gasteiger partial charge in [-0.3, -0.25) is 14.3 Å². The number of rotatable bonds is 3. The first kappa shape index (κ1) is 18.3. The minimum atomic E-state index is -0.552. The number of hydrogen-bond acceptors (Lipinski definition) is 3. The van der Waals surface area contributed by atoms with E-state index in [1.54, 1.807) is 12.1 Å². The summed E-state index contributed by atoms with van der Waals surface area (Å²) in [6.07, 6.45) is 0. The van der Waals surface area contributed by atoms with Crippen LogP contribution in [0.1, 0.15) is 24.2 Å². The molecule has 142 valence electrons. The van der Waals surface area contributed by atoms with E-state index in [1.807, 2.05) is 60.3 Å². The summed E-state index contributed by atoms with van der Waals surface area (Å²) in [6, 6.07) is 13.9. The second kappa shape index (κ2) is 6.80. The van der Waals surface area contributed by atoms with Gasteiger partial charge in [-0.05, 0) is 50.6 Å². The van der Waals surface area contributed by atoms with Crippen LogP contribution in [-0.2, 0) is 4.79 Å². The number of carbonyl (C=O) groups is 1. The van der Waals surface area contributed by atoms with Crippen LogP contribution < -0.4 is 10.9 Å². The number of fused-ring (bicyclic) bond motifs is 3. The SMILES string of the molecule is Cc1ccc(Cl)cc1NC(=O)C(C)n1c2ccccc2c2nc(=O)cc(C)n21. The second-order valence-electron chi connectivity index (χ2n) is 6.86. The van der Waals surface area contributed by atoms with Gasteiger partial charge in [-0.25, -0.2) is 4.52 Å². The number of anilines is 1. The molecule has 0 radical (unpaired) electrons. The van der Waals surface area contributed by atoms with Crippen LogP contribution in [0.25, 0.3) is 16.6 Å². The van der Waals surface area contributed by atoms with E-state index in [-0.39, 0.29) is 11.5 Å². The zero-order chi connectivity index (χ0) is 20.0. The van der Waals surface area contributed by atoms with Crippen LogP contribution in [-0.4, -0.2) is 20.1 Å². The molecule has 2 aromatic carbocycles. The predicted molar refractivity (Wildman–Crippen MR) is 111 cm³/mol. The van der Waals surface area contributed by atoms with E-state index in [9.17, 15) is 9.59 Å². The first-order chi connectivity index (χ1) is 13.4. The summed E-state index contributed by atoms with van der Waals surface area (Å²) < 4.78 is 3.68. The summed E-state index contributed by atoms with van der Waals surface area (Å²) >= 11 is 6.07. The van der Waals surface area contributed by atoms with Crippen molar-refractivity contribution in [1.82, 2.24) is 14.2 Å². The van der Waals surface area contributed by atoms with Crippen molar-refractivity contribution in [3.63, 3.8) is 0 Å². The molecule has 0 bridgehead atoms. The van der Waals surface area contributed by atoms with Crippen LogP contribution in [0, 0.1) is 13.8 Å². The third-order valence-corrected chi connectivity index (χ3v) is 5.13. The zero-order valence-electron chi connectivity index (χ0n) is 15.7. The maximum Gasteiger partial charge on any atom is 0.273 e. The molecule has 2 heterocycles. The molecule has 0 aliphatic heterocycles. The fourth-order valence-corrected chi connectivity index (χ4v) is 3.64. The van der Waals surface area contributed by atoms with Crippen LogP contribution in [0.4, 0.5) is 5.69 Å². The fraction of sp³-hybridized carbons (Fsp3) is 0.190. The van der Waals surface area contributed by atoms with Crippen molar-refractivity contribution in [1.29, 1.82) is 0 Å². The first-order valence-electron chi connectivity index (χ1n) is 8.93. The summed E-state index contributed by atoms with van der Waals surface area (Å²) in [6.45, 7) is 5.56. The molecule has 0 fully saturated rings. The van der Waals surface area contributed by atoms with E-state index in [0.29, 0.717) is 22.1 Å². The molecule has 0 saturated carbocycles. The molecule has 7 heteroatoms. The Balaban J connectivity index is 1.86. The highest BCUT2D eigenvalue weighted by atomic mass is 35.5. The van der Waals surface area contributed by atoms with Gasteiger partial charge in [-0.1, -0.05) is 29.8 Å². The molecule has 0 aliphatic carbocycles. The number of amides is 1. The lowest BCUT2D eigenvalue weighted by Crippen LogP contribution is -2.27. The Hall–Kier alpha value is -3.12. The Kier molecular flexibility index (Phi) is 4.43. The minimum absolute atomic E-state index is 0.189. The Morgan fingerprint density at radius 3 is 2.68 bits per heavy atom. The fourth-order valence-electron chi connectivity index (χ4n) is 3.47. The third-order valence-electron chi connectivity index (χ3n) is 4.89. The number of hydrogen-bond donors (Lipinski definition) is 1. The molecule has 6 nitrogen and oxygen atoms in total. The molecule has 1 N–H and O–H groups in total. The molecule has 1 unspecified atom stereocenters. The summed E-state index contributed by atoms with van der Waals surface area (Å²) in [4.78, 5) is 29.2. The number of nitrogens with zero attached hydrogens (tertiary/aromatic N) is 3. The minimum Gasteiger partial charge on any atom is -0.324 e. The standard InChI is InChI=1S/C21H19ClN4O2/c1-12-8-9-15(22)11-17(12)23-21(28)14(3)26-18-7-5-4-6-16(18)20-24-19(27)10-13(2)25(20)26/h4-11,14H,1-3H3,(H,23,28). The molecule has 1 atom stereocenters. The summed E-state index contributed by atoms with van der Waals surface area (Å²) in [7, 11) is 0. The van der Waals surface area contributed by atoms with Gasteiger partial charge in [0.25, 0.3) is 5.56 Å². The van der Waals surface area contributed by atoms with Gasteiger partial charge in [0.15, 0.2) is 5.65 Å². The summed E-state index contributed by atoms with van der Waals surface area (Å²) in [5, 5.41) is 4.34. The number of benzene rings is 2. The van der Waals surface area contributed by atoms with E-state index in [2.05, 4.69) is 10.3 Å². The lowest BCUT2D eigenvalue weighted by atomic mass is 10.2. The van der Waals surface area contributed by atoms with Crippen LogP contribution in [0.2, 0.25) is 5.02 Å². The van der Waals surface area contributed by atoms with Gasteiger partial charge in [0.1, 0.15) is 6.04 Å². The molecule has 1 amide bonds. The van der Waals surface area contributed by atoms with Crippen molar-refractivity contribution in [3.8, 4) is 0 Å². The van der Waals surface area contributed by atoms with Gasteiger partial charge in [-0.15, -0.1) is 0 Å². The summed E-state index contributed by atoms with van der Waals surface area (Å²) in [5.74, 6) is -0.189. The van der Waals surface area contributed by atoms with Crippen LogP contribution in [0.5, 0.6) is 0 Å².